The molecule has 2 heteroatoms. The Morgan fingerprint density at radius 3 is 1.20 bits per heavy atom. The van der Waals surface area contributed by atoms with Crippen molar-refractivity contribution in [3.8, 4) is 0 Å². The Morgan fingerprint density at radius 2 is 1.20 bits per heavy atom. The summed E-state index contributed by atoms with van der Waals surface area (Å²) < 4.78 is 0. The second-order valence-corrected chi connectivity index (χ2v) is 0.577. The molecule has 0 aliphatic rings. The van der Waals surface area contributed by atoms with Crippen molar-refractivity contribution < 1.29 is 19.5 Å². The van der Waals surface area contributed by atoms with Gasteiger partial charge in [-0.3, -0.25) is 0 Å². The molecule has 0 rings (SSSR count). The van der Waals surface area contributed by atoms with Gasteiger partial charge in [0.25, 0.3) is 0 Å². The van der Waals surface area contributed by atoms with Crippen molar-refractivity contribution in [1.82, 2.24) is 0 Å². The van der Waals surface area contributed by atoms with Gasteiger partial charge in [-0.2, -0.15) is 13.8 Å². The normalized spacial score (nSPS) is 3.60. The quantitative estimate of drug-likeness (QED) is 0.342. The fraction of sp³-hybridized carbons (Fsp3) is 0.667. The number of hydrogen-bond acceptors (Lipinski definition) is 0. The van der Waals surface area contributed by atoms with Crippen LogP contribution >= 0.6 is 24.0 Å². The number of hydrogen-bond donors (Lipinski definition) is 0. The minimum absolute atomic E-state index is 0. The molecule has 0 aromatic rings. The summed E-state index contributed by atoms with van der Waals surface area (Å²) in [7, 11) is 0. The van der Waals surface area contributed by atoms with Gasteiger partial charge in [-0.15, -0.1) is 24.0 Å². The third-order valence-corrected chi connectivity index (χ3v) is 0. The largest absolute Gasteiger partial charge is 0.335 e. The fourth-order valence-corrected chi connectivity index (χ4v) is 0. The molecule has 0 aromatic carbocycles. The van der Waals surface area contributed by atoms with Gasteiger partial charge in [0.15, 0.2) is 0 Å². The van der Waals surface area contributed by atoms with Crippen LogP contribution in [0.3, 0.4) is 0 Å². The summed E-state index contributed by atoms with van der Waals surface area (Å²) in [4.78, 5) is 0. The van der Waals surface area contributed by atoms with Crippen molar-refractivity contribution in [3.05, 3.63) is 6.42 Å². The zero-order valence-corrected chi connectivity index (χ0v) is 8.99. The summed E-state index contributed by atoms with van der Waals surface area (Å²) in [6.45, 7) is 4.00. The molecule has 5 heavy (non-hydrogen) atoms. The Kier molecular flexibility index (Phi) is 59.3. The molecule has 0 fully saturated rings. The molecule has 0 atom stereocenters. The SMILES string of the molecule is C[CH-]C.I.[Zn]. The first-order valence-corrected chi connectivity index (χ1v) is 1.15. The molecule has 0 aromatic heterocycles. The van der Waals surface area contributed by atoms with Gasteiger partial charge in [0.1, 0.15) is 0 Å². The van der Waals surface area contributed by atoms with Crippen LogP contribution in [-0.2, 0) is 19.5 Å². The van der Waals surface area contributed by atoms with E-state index in [1.807, 2.05) is 20.3 Å². The van der Waals surface area contributed by atoms with Crippen molar-refractivity contribution in [2.75, 3.05) is 0 Å². The molecule has 0 N–H and O–H groups in total. The minimum atomic E-state index is 0. The summed E-state index contributed by atoms with van der Waals surface area (Å²) in [5, 5.41) is 0. The summed E-state index contributed by atoms with van der Waals surface area (Å²) in [6, 6.07) is 0. The van der Waals surface area contributed by atoms with E-state index < -0.39 is 0 Å². The van der Waals surface area contributed by atoms with Crippen LogP contribution in [0.15, 0.2) is 0 Å². The van der Waals surface area contributed by atoms with E-state index in [1.54, 1.807) is 0 Å². The van der Waals surface area contributed by atoms with E-state index in [0.717, 1.165) is 0 Å². The van der Waals surface area contributed by atoms with Crippen LogP contribution < -0.4 is 0 Å². The van der Waals surface area contributed by atoms with Crippen LogP contribution in [0.1, 0.15) is 13.8 Å². The van der Waals surface area contributed by atoms with Crippen LogP contribution in [0.2, 0.25) is 0 Å². The van der Waals surface area contributed by atoms with Gasteiger partial charge in [-0.05, 0) is 0 Å². The Bertz CT molecular complexity index is 6.85. The van der Waals surface area contributed by atoms with Crippen LogP contribution in [0.25, 0.3) is 0 Å². The van der Waals surface area contributed by atoms with E-state index in [2.05, 4.69) is 0 Å². The molecule has 0 amide bonds. The predicted molar refractivity (Wildman–Crippen MR) is 31.1 cm³/mol. The van der Waals surface area contributed by atoms with E-state index in [9.17, 15) is 0 Å². The number of rotatable bonds is 0. The Hall–Kier alpha value is 1.35. The monoisotopic (exact) mass is 235 g/mol. The van der Waals surface area contributed by atoms with Crippen molar-refractivity contribution in [2.24, 2.45) is 0 Å². The van der Waals surface area contributed by atoms with Crippen LogP contribution in [0, 0.1) is 6.42 Å². The molecule has 0 saturated carbocycles. The van der Waals surface area contributed by atoms with Gasteiger partial charge in [-0.1, -0.05) is 0 Å². The minimum Gasteiger partial charge on any atom is -0.335 e. The molecule has 30 valence electrons. The van der Waals surface area contributed by atoms with Crippen LogP contribution in [0.4, 0.5) is 0 Å². The van der Waals surface area contributed by atoms with E-state index in [4.69, 9.17) is 0 Å². The molecule has 0 nitrogen and oxygen atoms in total. The summed E-state index contributed by atoms with van der Waals surface area (Å²) in [5.74, 6) is 0. The van der Waals surface area contributed by atoms with Gasteiger partial charge >= 0.3 is 0 Å². The van der Waals surface area contributed by atoms with Gasteiger partial charge < -0.3 is 6.42 Å². The zero-order chi connectivity index (χ0) is 2.71. The zero-order valence-electron chi connectivity index (χ0n) is 3.69. The maximum absolute atomic E-state index is 2.00. The van der Waals surface area contributed by atoms with E-state index in [0.29, 0.717) is 0 Å². The van der Waals surface area contributed by atoms with Crippen LogP contribution in [-0.4, -0.2) is 0 Å². The third kappa shape index (κ3) is 32.9. The molecule has 0 spiro atoms. The Labute approximate surface area is 63.5 Å². The topological polar surface area (TPSA) is 0 Å². The summed E-state index contributed by atoms with van der Waals surface area (Å²) in [5.41, 5.74) is 0. The molecule has 0 heterocycles. The Balaban J connectivity index is -0.0000000200. The average Bonchev–Trinajstić information content (AvgIpc) is 0.918. The molecule has 0 aliphatic heterocycles. The maximum Gasteiger partial charge on any atom is 0 e. The first kappa shape index (κ1) is 16.2. The van der Waals surface area contributed by atoms with E-state index in [-0.39, 0.29) is 43.5 Å². The van der Waals surface area contributed by atoms with Crippen molar-refractivity contribution in [2.45, 2.75) is 13.8 Å². The summed E-state index contributed by atoms with van der Waals surface area (Å²) >= 11 is 0. The number of halogens is 1. The Morgan fingerprint density at radius 1 is 1.20 bits per heavy atom. The second-order valence-electron chi connectivity index (χ2n) is 0.577. The van der Waals surface area contributed by atoms with Crippen molar-refractivity contribution >= 4 is 24.0 Å². The van der Waals surface area contributed by atoms with Gasteiger partial charge in [-0.25, -0.2) is 0 Å². The molecule has 0 saturated heterocycles. The first-order valence-electron chi connectivity index (χ1n) is 1.15. The standard InChI is InChI=1S/C3H7.HI.Zn/c1-3-2;;/h3H,1-2H3;1H;/q-1;;. The fourth-order valence-electron chi connectivity index (χ4n) is 0. The van der Waals surface area contributed by atoms with Gasteiger partial charge in [0.2, 0.25) is 0 Å². The summed E-state index contributed by atoms with van der Waals surface area (Å²) in [6.07, 6.45) is 2.00. The maximum atomic E-state index is 2.00. The van der Waals surface area contributed by atoms with Crippen LogP contribution in [0.5, 0.6) is 0 Å². The van der Waals surface area contributed by atoms with E-state index in [1.165, 1.54) is 0 Å². The molecular weight excluding hydrogens is 228 g/mol. The molecular formula is C3H8IZn-. The molecule has 0 aliphatic carbocycles. The second kappa shape index (κ2) is 18.3. The van der Waals surface area contributed by atoms with Gasteiger partial charge in [0.05, 0.1) is 0 Å². The van der Waals surface area contributed by atoms with Crippen molar-refractivity contribution in [1.29, 1.82) is 0 Å². The van der Waals surface area contributed by atoms with Gasteiger partial charge in [0, 0.05) is 19.5 Å². The molecule has 0 bridgehead atoms. The first-order chi connectivity index (χ1) is 1.41. The average molecular weight is 236 g/mol. The molecule has 0 radical (unpaired) electrons. The van der Waals surface area contributed by atoms with Crippen molar-refractivity contribution in [3.63, 3.8) is 0 Å². The third-order valence-electron chi connectivity index (χ3n) is 0. The molecule has 0 unspecified atom stereocenters. The smallest absolute Gasteiger partial charge is 0 e. The van der Waals surface area contributed by atoms with E-state index >= 15 is 0 Å². The predicted octanol–water partition coefficient (Wildman–Crippen LogP) is 1.85.